The molecule has 0 bridgehead atoms. The Kier molecular flexibility index (Phi) is 5.83. The molecule has 1 aromatic carbocycles. The molecule has 2 unspecified atom stereocenters. The first kappa shape index (κ1) is 16.8. The second kappa shape index (κ2) is 6.95. The van der Waals surface area contributed by atoms with Gasteiger partial charge in [0.25, 0.3) is 0 Å². The predicted octanol–water partition coefficient (Wildman–Crippen LogP) is 3.44. The van der Waals surface area contributed by atoms with Crippen molar-refractivity contribution in [2.75, 3.05) is 6.61 Å². The fourth-order valence-electron chi connectivity index (χ4n) is 1.50. The molecule has 0 radical (unpaired) electrons. The van der Waals surface area contributed by atoms with Gasteiger partial charge in [0.1, 0.15) is 5.75 Å². The quantitative estimate of drug-likeness (QED) is 0.873. The molecule has 6 heteroatoms. The van der Waals surface area contributed by atoms with Crippen LogP contribution in [0.5, 0.6) is 5.75 Å². The smallest absolute Gasteiger partial charge is 0.414 e. The number of rotatable bonds is 6. The largest absolute Gasteiger partial charge is 0.491 e. The molecule has 0 aliphatic heterocycles. The second-order valence-electron chi connectivity index (χ2n) is 4.86. The number of alkyl halides is 3. The summed E-state index contributed by atoms with van der Waals surface area (Å²) in [6, 6.07) is 6.33. The van der Waals surface area contributed by atoms with Gasteiger partial charge in [-0.2, -0.15) is 13.2 Å². The molecule has 0 saturated carbocycles. The van der Waals surface area contributed by atoms with E-state index in [4.69, 9.17) is 15.2 Å². The Hall–Kier alpha value is -1.27. The molecule has 1 aromatic rings. The normalized spacial score (nSPS) is 15.2. The van der Waals surface area contributed by atoms with Gasteiger partial charge in [-0.15, -0.1) is 0 Å². The third-order valence-electron chi connectivity index (χ3n) is 2.67. The number of benzene rings is 1. The summed E-state index contributed by atoms with van der Waals surface area (Å²) in [7, 11) is 0. The molecule has 0 heterocycles. The topological polar surface area (TPSA) is 44.5 Å². The first-order chi connectivity index (χ1) is 9.20. The molecule has 0 aliphatic rings. The molecule has 114 valence electrons. The van der Waals surface area contributed by atoms with E-state index in [1.165, 1.54) is 0 Å². The van der Waals surface area contributed by atoms with Crippen LogP contribution in [0.2, 0.25) is 0 Å². The molecule has 0 amide bonds. The van der Waals surface area contributed by atoms with E-state index in [-0.39, 0.29) is 12.7 Å². The van der Waals surface area contributed by atoms with Crippen LogP contribution in [0, 0.1) is 0 Å². The van der Waals surface area contributed by atoms with Crippen LogP contribution in [0.25, 0.3) is 0 Å². The van der Waals surface area contributed by atoms with E-state index in [0.29, 0.717) is 11.3 Å². The average molecular weight is 291 g/mol. The highest BCUT2D eigenvalue weighted by molar-refractivity contribution is 5.29. The lowest BCUT2D eigenvalue weighted by Gasteiger charge is -2.19. The van der Waals surface area contributed by atoms with Crippen molar-refractivity contribution < 1.29 is 22.6 Å². The lowest BCUT2D eigenvalue weighted by molar-refractivity contribution is -0.215. The Morgan fingerprint density at radius 1 is 1.10 bits per heavy atom. The zero-order valence-corrected chi connectivity index (χ0v) is 11.8. The molecule has 2 atom stereocenters. The minimum Gasteiger partial charge on any atom is -0.491 e. The van der Waals surface area contributed by atoms with E-state index in [0.717, 1.165) is 6.92 Å². The molecule has 0 spiro atoms. The maximum atomic E-state index is 12.3. The zero-order chi connectivity index (χ0) is 15.3. The highest BCUT2D eigenvalue weighted by atomic mass is 19.4. The van der Waals surface area contributed by atoms with Gasteiger partial charge >= 0.3 is 6.18 Å². The van der Waals surface area contributed by atoms with Crippen molar-refractivity contribution in [3.63, 3.8) is 0 Å². The van der Waals surface area contributed by atoms with E-state index in [1.54, 1.807) is 24.3 Å². The van der Waals surface area contributed by atoms with Gasteiger partial charge in [-0.3, -0.25) is 0 Å². The lowest BCUT2D eigenvalue weighted by atomic mass is 10.1. The van der Waals surface area contributed by atoms with Crippen molar-refractivity contribution in [2.24, 2.45) is 5.73 Å². The van der Waals surface area contributed by atoms with Gasteiger partial charge in [0, 0.05) is 0 Å². The van der Waals surface area contributed by atoms with Crippen molar-refractivity contribution in [2.45, 2.75) is 45.2 Å². The minimum atomic E-state index is -4.37. The standard InChI is InChI=1S/C14H20F3NO2/c1-9(2)20-12-6-4-11(5-7-12)13(18)8-19-10(3)14(15,16)17/h4-7,9-10,13H,8,18H2,1-3H3. The minimum absolute atomic E-state index is 0.0606. The van der Waals surface area contributed by atoms with Gasteiger partial charge in [0.15, 0.2) is 6.10 Å². The van der Waals surface area contributed by atoms with Crippen LogP contribution >= 0.6 is 0 Å². The number of hydrogen-bond donors (Lipinski definition) is 1. The fourth-order valence-corrected chi connectivity index (χ4v) is 1.50. The summed E-state index contributed by atoms with van der Waals surface area (Å²) in [6.45, 7) is 4.59. The molecule has 3 nitrogen and oxygen atoms in total. The first-order valence-corrected chi connectivity index (χ1v) is 6.40. The van der Waals surface area contributed by atoms with Crippen molar-refractivity contribution in [1.82, 2.24) is 0 Å². The van der Waals surface area contributed by atoms with E-state index in [9.17, 15) is 13.2 Å². The highest BCUT2D eigenvalue weighted by Gasteiger charge is 2.37. The third kappa shape index (κ3) is 5.38. The zero-order valence-electron chi connectivity index (χ0n) is 11.8. The SMILES string of the molecule is CC(C)Oc1ccc(C(N)COC(C)C(F)(F)F)cc1. The summed E-state index contributed by atoms with van der Waals surface area (Å²) in [5.74, 6) is 0.695. The van der Waals surface area contributed by atoms with Gasteiger partial charge in [0.05, 0.1) is 18.8 Å². The molecular formula is C14H20F3NO2. The maximum Gasteiger partial charge on any atom is 0.414 e. The van der Waals surface area contributed by atoms with E-state index in [1.807, 2.05) is 13.8 Å². The molecule has 0 saturated heterocycles. The summed E-state index contributed by atoms with van der Waals surface area (Å²) in [6.07, 6.45) is -6.13. The highest BCUT2D eigenvalue weighted by Crippen LogP contribution is 2.24. The monoisotopic (exact) mass is 291 g/mol. The van der Waals surface area contributed by atoms with E-state index in [2.05, 4.69) is 0 Å². The van der Waals surface area contributed by atoms with E-state index >= 15 is 0 Å². The summed E-state index contributed by atoms with van der Waals surface area (Å²) in [5.41, 5.74) is 6.51. The fraction of sp³-hybridized carbons (Fsp3) is 0.571. The molecule has 0 fully saturated rings. The molecule has 0 aromatic heterocycles. The maximum absolute atomic E-state index is 12.3. The average Bonchev–Trinajstić information content (AvgIpc) is 2.34. The number of halogens is 3. The predicted molar refractivity (Wildman–Crippen MR) is 70.6 cm³/mol. The number of ether oxygens (including phenoxy) is 2. The molecular weight excluding hydrogens is 271 g/mol. The van der Waals surface area contributed by atoms with Crippen LogP contribution < -0.4 is 10.5 Å². The molecule has 1 rings (SSSR count). The van der Waals surface area contributed by atoms with E-state index < -0.39 is 18.3 Å². The lowest BCUT2D eigenvalue weighted by Crippen LogP contribution is -2.31. The van der Waals surface area contributed by atoms with Gasteiger partial charge in [-0.25, -0.2) is 0 Å². The van der Waals surface area contributed by atoms with Crippen LogP contribution in [0.3, 0.4) is 0 Å². The Labute approximate surface area is 116 Å². The number of nitrogens with two attached hydrogens (primary N) is 1. The van der Waals surface area contributed by atoms with Crippen molar-refractivity contribution >= 4 is 0 Å². The van der Waals surface area contributed by atoms with Gasteiger partial charge in [0.2, 0.25) is 0 Å². The summed E-state index contributed by atoms with van der Waals surface area (Å²) < 4.78 is 47.1. The van der Waals surface area contributed by atoms with Gasteiger partial charge < -0.3 is 15.2 Å². The van der Waals surface area contributed by atoms with Crippen LogP contribution in [-0.2, 0) is 4.74 Å². The van der Waals surface area contributed by atoms with Crippen LogP contribution in [0.1, 0.15) is 32.4 Å². The Morgan fingerprint density at radius 3 is 2.10 bits per heavy atom. The van der Waals surface area contributed by atoms with Gasteiger partial charge in [-0.05, 0) is 38.5 Å². The summed E-state index contributed by atoms with van der Waals surface area (Å²) >= 11 is 0. The van der Waals surface area contributed by atoms with Crippen LogP contribution in [-0.4, -0.2) is 25.0 Å². The van der Waals surface area contributed by atoms with Gasteiger partial charge in [-0.1, -0.05) is 12.1 Å². The summed E-state index contributed by atoms with van der Waals surface area (Å²) in [4.78, 5) is 0. The van der Waals surface area contributed by atoms with Crippen molar-refractivity contribution in [3.8, 4) is 5.75 Å². The Morgan fingerprint density at radius 2 is 1.65 bits per heavy atom. The summed E-state index contributed by atoms with van der Waals surface area (Å²) in [5, 5.41) is 0. The molecule has 20 heavy (non-hydrogen) atoms. The second-order valence-corrected chi connectivity index (χ2v) is 4.86. The van der Waals surface area contributed by atoms with Crippen LogP contribution in [0.15, 0.2) is 24.3 Å². The Balaban J connectivity index is 2.53. The van der Waals surface area contributed by atoms with Crippen molar-refractivity contribution in [3.05, 3.63) is 29.8 Å². The number of hydrogen-bond acceptors (Lipinski definition) is 3. The first-order valence-electron chi connectivity index (χ1n) is 6.40. The third-order valence-corrected chi connectivity index (χ3v) is 2.67. The Bertz CT molecular complexity index is 404. The van der Waals surface area contributed by atoms with Crippen molar-refractivity contribution in [1.29, 1.82) is 0 Å². The van der Waals surface area contributed by atoms with Crippen LogP contribution in [0.4, 0.5) is 13.2 Å². The molecule has 0 aliphatic carbocycles. The molecule has 2 N–H and O–H groups in total.